The van der Waals surface area contributed by atoms with Gasteiger partial charge in [0.15, 0.2) is 0 Å². The van der Waals surface area contributed by atoms with Crippen molar-refractivity contribution >= 4 is 35.0 Å². The van der Waals surface area contributed by atoms with Crippen molar-refractivity contribution < 1.29 is 4.21 Å². The highest BCUT2D eigenvalue weighted by molar-refractivity contribution is 7.84. The lowest BCUT2D eigenvalue weighted by atomic mass is 9.55. The summed E-state index contributed by atoms with van der Waals surface area (Å²) in [5.41, 5.74) is 2.69. The van der Waals surface area contributed by atoms with Crippen LogP contribution >= 0.6 is 7.92 Å². The lowest BCUT2D eigenvalue weighted by Gasteiger charge is -2.67. The molecule has 1 N–H and O–H groups in total. The van der Waals surface area contributed by atoms with Crippen LogP contribution in [0.5, 0.6) is 0 Å². The van der Waals surface area contributed by atoms with E-state index in [2.05, 4.69) is 92.2 Å². The summed E-state index contributed by atoms with van der Waals surface area (Å²) in [6, 6.07) is 25.3. The van der Waals surface area contributed by atoms with Gasteiger partial charge in [0.2, 0.25) is 0 Å². The number of fused-ring (bicyclic) bond motifs is 1. The van der Waals surface area contributed by atoms with E-state index < -0.39 is 11.0 Å². The van der Waals surface area contributed by atoms with E-state index in [0.29, 0.717) is 10.3 Å². The molecule has 8 fully saturated rings. The zero-order valence-corrected chi connectivity index (χ0v) is 29.4. The van der Waals surface area contributed by atoms with Crippen LogP contribution in [0.3, 0.4) is 0 Å². The highest BCUT2D eigenvalue weighted by Gasteiger charge is 2.63. The molecular weight excluding hydrogens is 585 g/mol. The highest BCUT2D eigenvalue weighted by Crippen LogP contribution is 2.78. The molecular formula is C41H52NOPS. The van der Waals surface area contributed by atoms with Gasteiger partial charge in [-0.2, -0.15) is 0 Å². The smallest absolute Gasteiger partial charge is 0.0979 e. The van der Waals surface area contributed by atoms with Crippen molar-refractivity contribution in [1.82, 2.24) is 4.72 Å². The Morgan fingerprint density at radius 3 is 1.64 bits per heavy atom. The van der Waals surface area contributed by atoms with Gasteiger partial charge in [0.25, 0.3) is 0 Å². The van der Waals surface area contributed by atoms with Crippen molar-refractivity contribution in [2.75, 3.05) is 0 Å². The molecule has 0 saturated heterocycles. The molecule has 11 rings (SSSR count). The molecule has 8 aliphatic carbocycles. The van der Waals surface area contributed by atoms with E-state index in [1.807, 2.05) is 0 Å². The Bertz CT molecular complexity index is 1520. The molecule has 8 bridgehead atoms. The molecule has 3 aromatic carbocycles. The third-order valence-electron chi connectivity index (χ3n) is 13.3. The molecule has 238 valence electrons. The summed E-state index contributed by atoms with van der Waals surface area (Å²) in [6.45, 7) is 6.33. The van der Waals surface area contributed by atoms with Gasteiger partial charge < -0.3 is 0 Å². The number of rotatable bonds is 7. The third kappa shape index (κ3) is 5.04. The number of hydrogen-bond acceptors (Lipinski definition) is 1. The van der Waals surface area contributed by atoms with Crippen molar-refractivity contribution in [3.8, 4) is 0 Å². The number of benzene rings is 3. The van der Waals surface area contributed by atoms with Crippen LogP contribution in [0.25, 0.3) is 10.8 Å². The Hall–Kier alpha value is -1.54. The summed E-state index contributed by atoms with van der Waals surface area (Å²) in [4.78, 5) is 0. The van der Waals surface area contributed by atoms with E-state index in [1.165, 1.54) is 98.9 Å². The number of nitrogens with one attached hydrogen (secondary N) is 1. The quantitative estimate of drug-likeness (QED) is 0.257. The first-order chi connectivity index (χ1) is 21.7. The molecule has 0 aromatic heterocycles. The average molecular weight is 638 g/mol. The van der Waals surface area contributed by atoms with Crippen LogP contribution in [0, 0.1) is 35.5 Å². The van der Waals surface area contributed by atoms with Crippen LogP contribution in [0.15, 0.2) is 66.7 Å². The first-order valence-electron chi connectivity index (χ1n) is 18.2. The minimum Gasteiger partial charge on any atom is -0.242 e. The summed E-state index contributed by atoms with van der Waals surface area (Å²) in [6.07, 6.45) is 18.0. The molecule has 0 radical (unpaired) electrons. The molecule has 0 spiro atoms. The van der Waals surface area contributed by atoms with Crippen molar-refractivity contribution in [2.45, 2.75) is 119 Å². The molecule has 3 aromatic rings. The van der Waals surface area contributed by atoms with Gasteiger partial charge >= 0.3 is 0 Å². The summed E-state index contributed by atoms with van der Waals surface area (Å²) >= 11 is 0. The van der Waals surface area contributed by atoms with Gasteiger partial charge in [0.1, 0.15) is 0 Å². The molecule has 1 unspecified atom stereocenters. The maximum absolute atomic E-state index is 14.0. The molecule has 8 aliphatic rings. The van der Waals surface area contributed by atoms with E-state index in [-0.39, 0.29) is 18.7 Å². The zero-order chi connectivity index (χ0) is 30.6. The van der Waals surface area contributed by atoms with E-state index in [9.17, 15) is 4.21 Å². The van der Waals surface area contributed by atoms with Crippen molar-refractivity contribution in [2.24, 2.45) is 35.5 Å². The molecule has 0 amide bonds. The molecule has 8 saturated carbocycles. The van der Waals surface area contributed by atoms with E-state index in [1.54, 1.807) is 5.30 Å². The Kier molecular flexibility index (Phi) is 7.06. The molecule has 2 nitrogen and oxygen atoms in total. The van der Waals surface area contributed by atoms with Gasteiger partial charge in [0, 0.05) is 0 Å². The Morgan fingerprint density at radius 1 is 0.667 bits per heavy atom. The summed E-state index contributed by atoms with van der Waals surface area (Å²) in [7, 11) is -1.56. The van der Waals surface area contributed by atoms with Gasteiger partial charge in [-0.05, 0) is 177 Å². The molecule has 0 heterocycles. The summed E-state index contributed by atoms with van der Waals surface area (Å²) in [5.74, 6) is 5.78. The second-order valence-corrected chi connectivity index (χ2v) is 22.8. The lowest BCUT2D eigenvalue weighted by Crippen LogP contribution is -2.58. The van der Waals surface area contributed by atoms with Crippen molar-refractivity contribution in [1.29, 1.82) is 0 Å². The SMILES string of the molecule is CC(C)(C)S(=O)N[C@@H](c1ccc2ccccc2c1)c1ccccc1P(C12CC3CC(CC(C3)C1)C2)C12CC3CC(CC(C3)C1)C2. The summed E-state index contributed by atoms with van der Waals surface area (Å²) in [5, 5.41) is 5.24. The minimum absolute atomic E-state index is 0.0845. The zero-order valence-electron chi connectivity index (χ0n) is 27.6. The third-order valence-corrected chi connectivity index (χ3v) is 18.8. The predicted octanol–water partition coefficient (Wildman–Crippen LogP) is 10.0. The number of hydrogen-bond donors (Lipinski definition) is 1. The molecule has 4 heteroatoms. The minimum atomic E-state index is -1.19. The van der Waals surface area contributed by atoms with Crippen LogP contribution in [0.4, 0.5) is 0 Å². The van der Waals surface area contributed by atoms with Gasteiger partial charge in [-0.3, -0.25) is 0 Å². The maximum atomic E-state index is 14.0. The van der Waals surface area contributed by atoms with Crippen LogP contribution in [0.1, 0.15) is 115 Å². The molecule has 45 heavy (non-hydrogen) atoms. The molecule has 2 atom stereocenters. The van der Waals surface area contributed by atoms with Crippen molar-refractivity contribution in [3.63, 3.8) is 0 Å². The first kappa shape index (κ1) is 29.6. The lowest BCUT2D eigenvalue weighted by molar-refractivity contribution is 0.0195. The Morgan fingerprint density at radius 2 is 1.13 bits per heavy atom. The largest absolute Gasteiger partial charge is 0.242 e. The van der Waals surface area contributed by atoms with Crippen molar-refractivity contribution in [3.05, 3.63) is 77.9 Å². The fourth-order valence-electron chi connectivity index (χ4n) is 12.6. The second kappa shape index (κ2) is 10.7. The highest BCUT2D eigenvalue weighted by atomic mass is 32.2. The van der Waals surface area contributed by atoms with Crippen LogP contribution < -0.4 is 10.0 Å². The standard InChI is InChI=1S/C41H52NOPS/c1-39(2,3)45(43)42-38(35-13-12-33-8-4-5-9-34(33)20-35)36-10-6-7-11-37(36)44(40-21-27-14-28(22-40)16-29(15-27)23-40)41-24-30-17-31(25-41)19-32(18-30)26-41/h4-13,20,27-32,38,42H,14-19,21-26H2,1-3H3/t27?,28?,29?,30?,31?,32?,38-,40?,41?,44?,45?/m0/s1. The fourth-order valence-corrected chi connectivity index (χ4v) is 18.8. The van der Waals surface area contributed by atoms with Crippen LogP contribution in [-0.2, 0) is 11.0 Å². The topological polar surface area (TPSA) is 29.1 Å². The maximum Gasteiger partial charge on any atom is 0.0979 e. The predicted molar refractivity (Wildman–Crippen MR) is 192 cm³/mol. The Labute approximate surface area is 275 Å². The molecule has 0 aliphatic heterocycles. The van der Waals surface area contributed by atoms with Crippen LogP contribution in [-0.4, -0.2) is 19.3 Å². The second-order valence-electron chi connectivity index (χ2n) is 17.7. The average Bonchev–Trinajstić information content (AvgIpc) is 2.98. The Balaban J connectivity index is 1.23. The van der Waals surface area contributed by atoms with Gasteiger partial charge in [-0.15, -0.1) is 0 Å². The van der Waals surface area contributed by atoms with Crippen LogP contribution in [0.2, 0.25) is 0 Å². The van der Waals surface area contributed by atoms with E-state index in [4.69, 9.17) is 0 Å². The first-order valence-corrected chi connectivity index (χ1v) is 20.7. The van der Waals surface area contributed by atoms with Gasteiger partial charge in [0.05, 0.1) is 21.8 Å². The monoisotopic (exact) mass is 637 g/mol. The van der Waals surface area contributed by atoms with E-state index in [0.717, 1.165) is 35.5 Å². The van der Waals surface area contributed by atoms with Gasteiger partial charge in [-0.1, -0.05) is 68.6 Å². The fraction of sp³-hybridized carbons (Fsp3) is 0.610. The normalized spacial score (nSPS) is 38.5. The van der Waals surface area contributed by atoms with E-state index >= 15 is 0 Å². The summed E-state index contributed by atoms with van der Waals surface area (Å²) < 4.78 is 17.5. The van der Waals surface area contributed by atoms with Gasteiger partial charge in [-0.25, -0.2) is 8.93 Å².